The van der Waals surface area contributed by atoms with Gasteiger partial charge in [0.1, 0.15) is 17.5 Å². The zero-order chi connectivity index (χ0) is 13.1. The second-order valence-electron chi connectivity index (χ2n) is 3.93. The van der Waals surface area contributed by atoms with E-state index in [1.54, 1.807) is 12.1 Å². The summed E-state index contributed by atoms with van der Waals surface area (Å²) in [6.07, 6.45) is 0.573. The molecule has 1 aromatic carbocycles. The van der Waals surface area contributed by atoms with Gasteiger partial charge < -0.3 is 10.8 Å². The Kier molecular flexibility index (Phi) is 3.53. The zero-order valence-corrected chi connectivity index (χ0v) is 9.48. The summed E-state index contributed by atoms with van der Waals surface area (Å²) in [7, 11) is 0. The second kappa shape index (κ2) is 5.10. The lowest BCUT2D eigenvalue weighted by atomic mass is 10.0. The highest BCUT2D eigenvalue weighted by atomic mass is 19.1. The van der Waals surface area contributed by atoms with Crippen LogP contribution in [0.5, 0.6) is 0 Å². The molecule has 0 saturated carbocycles. The molecule has 0 spiro atoms. The number of nitrogen functional groups attached to an aromatic ring is 1. The topological polar surface area (TPSA) is 59.1 Å². The van der Waals surface area contributed by atoms with Gasteiger partial charge in [-0.3, -0.25) is 0 Å². The molecule has 3 N–H and O–H groups in total. The molecule has 0 bridgehead atoms. The average molecular weight is 250 g/mol. The van der Waals surface area contributed by atoms with Crippen molar-refractivity contribution >= 4 is 5.82 Å². The molecule has 0 radical (unpaired) electrons. The number of hydrogen-bond acceptors (Lipinski definition) is 3. The number of aromatic nitrogens is 1. The van der Waals surface area contributed by atoms with E-state index in [4.69, 9.17) is 5.73 Å². The van der Waals surface area contributed by atoms with Gasteiger partial charge in [-0.25, -0.2) is 13.8 Å². The van der Waals surface area contributed by atoms with E-state index in [0.717, 1.165) is 12.1 Å². The molecule has 0 fully saturated rings. The molecule has 0 aliphatic heterocycles. The molecule has 0 aliphatic rings. The first-order chi connectivity index (χ1) is 8.58. The van der Waals surface area contributed by atoms with Crippen LogP contribution >= 0.6 is 0 Å². The quantitative estimate of drug-likeness (QED) is 0.878. The maximum atomic E-state index is 13.5. The number of nitrogens with zero attached hydrogens (tertiary/aromatic N) is 1. The lowest BCUT2D eigenvalue weighted by molar-refractivity contribution is 0.173. The van der Waals surface area contributed by atoms with Crippen molar-refractivity contribution in [3.05, 3.63) is 59.3 Å². The van der Waals surface area contributed by atoms with Crippen molar-refractivity contribution in [3.63, 3.8) is 0 Å². The molecule has 18 heavy (non-hydrogen) atoms. The lowest BCUT2D eigenvalue weighted by Gasteiger charge is -2.13. The van der Waals surface area contributed by atoms with Gasteiger partial charge in [0.25, 0.3) is 0 Å². The first kappa shape index (κ1) is 12.4. The van der Waals surface area contributed by atoms with E-state index in [9.17, 15) is 13.9 Å². The second-order valence-corrected chi connectivity index (χ2v) is 3.93. The molecular formula is C13H12F2N2O. The number of nitrogens with two attached hydrogens (primary N) is 1. The number of aliphatic hydroxyl groups is 1. The predicted octanol–water partition coefficient (Wildman–Crippen LogP) is 2.22. The summed E-state index contributed by atoms with van der Waals surface area (Å²) in [5, 5.41) is 9.92. The van der Waals surface area contributed by atoms with Crippen LogP contribution in [0.3, 0.4) is 0 Å². The number of anilines is 1. The van der Waals surface area contributed by atoms with Gasteiger partial charge in [-0.2, -0.15) is 0 Å². The largest absolute Gasteiger partial charge is 0.388 e. The van der Waals surface area contributed by atoms with E-state index in [1.165, 1.54) is 12.3 Å². The highest BCUT2D eigenvalue weighted by Crippen LogP contribution is 2.23. The van der Waals surface area contributed by atoms with Crippen molar-refractivity contribution in [1.82, 2.24) is 4.98 Å². The van der Waals surface area contributed by atoms with Crippen molar-refractivity contribution < 1.29 is 13.9 Å². The standard InChI is InChI=1S/C13H12F2N2O/c14-9-3-4-10(11(15)7-9)12(18)6-8-2-1-5-17-13(8)16/h1-5,7,12,18H,6H2,(H2,16,17). The molecule has 2 aromatic rings. The van der Waals surface area contributed by atoms with E-state index in [2.05, 4.69) is 4.98 Å². The van der Waals surface area contributed by atoms with Crippen LogP contribution in [0.15, 0.2) is 36.5 Å². The van der Waals surface area contributed by atoms with Crippen LogP contribution in [0.2, 0.25) is 0 Å². The fourth-order valence-corrected chi connectivity index (χ4v) is 1.71. The van der Waals surface area contributed by atoms with Crippen LogP contribution in [0.4, 0.5) is 14.6 Å². The highest BCUT2D eigenvalue weighted by molar-refractivity contribution is 5.39. The maximum Gasteiger partial charge on any atom is 0.131 e. The van der Waals surface area contributed by atoms with Crippen LogP contribution in [0.1, 0.15) is 17.2 Å². The summed E-state index contributed by atoms with van der Waals surface area (Å²) in [6, 6.07) is 6.45. The van der Waals surface area contributed by atoms with Crippen molar-refractivity contribution in [2.24, 2.45) is 0 Å². The third-order valence-corrected chi connectivity index (χ3v) is 2.66. The fourth-order valence-electron chi connectivity index (χ4n) is 1.71. The van der Waals surface area contributed by atoms with Crippen LogP contribution in [-0.2, 0) is 6.42 Å². The van der Waals surface area contributed by atoms with Gasteiger partial charge in [0, 0.05) is 24.2 Å². The van der Waals surface area contributed by atoms with E-state index in [0.29, 0.717) is 11.4 Å². The van der Waals surface area contributed by atoms with Gasteiger partial charge in [0.05, 0.1) is 6.10 Å². The molecule has 1 heterocycles. The molecule has 1 aromatic heterocycles. The van der Waals surface area contributed by atoms with Gasteiger partial charge in [-0.1, -0.05) is 12.1 Å². The lowest BCUT2D eigenvalue weighted by Crippen LogP contribution is -2.07. The Balaban J connectivity index is 2.22. The van der Waals surface area contributed by atoms with Crippen LogP contribution in [0.25, 0.3) is 0 Å². The molecule has 1 atom stereocenters. The minimum absolute atomic E-state index is 0.0413. The highest BCUT2D eigenvalue weighted by Gasteiger charge is 2.15. The number of halogens is 2. The Morgan fingerprint density at radius 2 is 2.06 bits per heavy atom. The average Bonchev–Trinajstić information content (AvgIpc) is 2.32. The molecule has 0 saturated heterocycles. The molecule has 5 heteroatoms. The third-order valence-electron chi connectivity index (χ3n) is 2.66. The molecule has 0 amide bonds. The number of rotatable bonds is 3. The Morgan fingerprint density at radius 1 is 1.28 bits per heavy atom. The minimum atomic E-state index is -1.09. The van der Waals surface area contributed by atoms with Crippen LogP contribution < -0.4 is 5.73 Å². The van der Waals surface area contributed by atoms with Gasteiger partial charge in [-0.15, -0.1) is 0 Å². The van der Waals surface area contributed by atoms with Gasteiger partial charge in [0.15, 0.2) is 0 Å². The van der Waals surface area contributed by atoms with Crippen molar-refractivity contribution in [2.75, 3.05) is 5.73 Å². The Labute approximate surface area is 103 Å². The van der Waals surface area contributed by atoms with Crippen molar-refractivity contribution in [1.29, 1.82) is 0 Å². The maximum absolute atomic E-state index is 13.5. The van der Waals surface area contributed by atoms with Crippen LogP contribution in [-0.4, -0.2) is 10.1 Å². The van der Waals surface area contributed by atoms with Crippen LogP contribution in [0, 0.1) is 11.6 Å². The summed E-state index contributed by atoms with van der Waals surface area (Å²) >= 11 is 0. The Bertz CT molecular complexity index is 560. The monoisotopic (exact) mass is 250 g/mol. The van der Waals surface area contributed by atoms with Gasteiger partial charge in [-0.05, 0) is 17.7 Å². The summed E-state index contributed by atoms with van der Waals surface area (Å²) in [5.74, 6) is -1.16. The summed E-state index contributed by atoms with van der Waals surface area (Å²) < 4.78 is 26.2. The molecule has 1 unspecified atom stereocenters. The Morgan fingerprint density at radius 3 is 2.72 bits per heavy atom. The Hall–Kier alpha value is -2.01. The van der Waals surface area contributed by atoms with E-state index >= 15 is 0 Å². The van der Waals surface area contributed by atoms with E-state index < -0.39 is 17.7 Å². The number of pyridine rings is 1. The smallest absolute Gasteiger partial charge is 0.131 e. The molecule has 3 nitrogen and oxygen atoms in total. The first-order valence-electron chi connectivity index (χ1n) is 5.40. The number of hydrogen-bond donors (Lipinski definition) is 2. The SMILES string of the molecule is Nc1ncccc1CC(O)c1ccc(F)cc1F. The number of benzene rings is 1. The predicted molar refractivity (Wildman–Crippen MR) is 63.7 cm³/mol. The minimum Gasteiger partial charge on any atom is -0.388 e. The van der Waals surface area contributed by atoms with E-state index in [1.807, 2.05) is 0 Å². The molecule has 94 valence electrons. The van der Waals surface area contributed by atoms with Crippen molar-refractivity contribution in [3.8, 4) is 0 Å². The van der Waals surface area contributed by atoms with Gasteiger partial charge >= 0.3 is 0 Å². The molecule has 0 aliphatic carbocycles. The van der Waals surface area contributed by atoms with Crippen molar-refractivity contribution in [2.45, 2.75) is 12.5 Å². The van der Waals surface area contributed by atoms with Gasteiger partial charge in [0.2, 0.25) is 0 Å². The number of aliphatic hydroxyl groups excluding tert-OH is 1. The normalized spacial score (nSPS) is 12.4. The summed E-state index contributed by atoms with van der Waals surface area (Å²) in [4.78, 5) is 3.88. The fraction of sp³-hybridized carbons (Fsp3) is 0.154. The zero-order valence-electron chi connectivity index (χ0n) is 9.48. The summed E-state index contributed by atoms with van der Waals surface area (Å²) in [5.41, 5.74) is 6.29. The third kappa shape index (κ3) is 2.62. The first-order valence-corrected chi connectivity index (χ1v) is 5.40. The van der Waals surface area contributed by atoms with E-state index in [-0.39, 0.29) is 12.0 Å². The molecule has 2 rings (SSSR count). The molecular weight excluding hydrogens is 238 g/mol. The summed E-state index contributed by atoms with van der Waals surface area (Å²) in [6.45, 7) is 0.